The molecule has 1 unspecified atom stereocenters. The molecule has 6 nitrogen and oxygen atoms in total. The summed E-state index contributed by atoms with van der Waals surface area (Å²) in [6.45, 7) is 7.58. The van der Waals surface area contributed by atoms with Crippen LogP contribution >= 0.6 is 11.6 Å². The van der Waals surface area contributed by atoms with Gasteiger partial charge in [-0.1, -0.05) is 43.6 Å². The van der Waals surface area contributed by atoms with E-state index in [1.54, 1.807) is 0 Å². The van der Waals surface area contributed by atoms with Crippen molar-refractivity contribution in [1.82, 2.24) is 9.88 Å². The van der Waals surface area contributed by atoms with Crippen LogP contribution in [0.15, 0.2) is 28.7 Å². The van der Waals surface area contributed by atoms with E-state index in [-0.39, 0.29) is 17.7 Å². The molecular weight excluding hydrogens is 352 g/mol. The van der Waals surface area contributed by atoms with Crippen LogP contribution in [0.25, 0.3) is 0 Å². The van der Waals surface area contributed by atoms with Gasteiger partial charge in [-0.25, -0.2) is 4.98 Å². The number of rotatable bonds is 6. The van der Waals surface area contributed by atoms with Gasteiger partial charge in [-0.15, -0.1) is 0 Å². The van der Waals surface area contributed by atoms with Gasteiger partial charge in [0, 0.05) is 30.6 Å². The second kappa shape index (κ2) is 8.54. The summed E-state index contributed by atoms with van der Waals surface area (Å²) in [5.41, 5.74) is 1.33. The fourth-order valence-electron chi connectivity index (χ4n) is 3.04. The first-order valence-corrected chi connectivity index (χ1v) is 9.19. The summed E-state index contributed by atoms with van der Waals surface area (Å²) in [4.78, 5) is 6.60. The molecule has 0 aliphatic carbocycles. The first-order valence-electron chi connectivity index (χ1n) is 8.81. The Morgan fingerprint density at radius 1 is 1.31 bits per heavy atom. The predicted octanol–water partition coefficient (Wildman–Crippen LogP) is 3.81. The minimum absolute atomic E-state index is 0.0479. The number of benzene rings is 1. The van der Waals surface area contributed by atoms with Crippen LogP contribution in [-0.4, -0.2) is 42.7 Å². The number of hydrogen-bond acceptors (Lipinski definition) is 6. The van der Waals surface area contributed by atoms with Gasteiger partial charge in [-0.3, -0.25) is 4.90 Å². The number of morpholine rings is 1. The average molecular weight is 375 g/mol. The highest BCUT2D eigenvalue weighted by molar-refractivity contribution is 6.31. The Labute approximate surface area is 158 Å². The zero-order valence-electron chi connectivity index (χ0n) is 15.0. The number of hydrogen-bond donors (Lipinski definition) is 1. The molecule has 0 spiro atoms. The molecule has 0 radical (unpaired) electrons. The molecule has 2 aromatic rings. The second-order valence-corrected chi connectivity index (χ2v) is 6.97. The number of nitriles is 1. The molecule has 1 aliphatic heterocycles. The molecule has 0 saturated carbocycles. The largest absolute Gasteiger partial charge is 0.424 e. The molecule has 1 aliphatic rings. The molecular formula is C19H23ClN4O2. The predicted molar refractivity (Wildman–Crippen MR) is 100 cm³/mol. The lowest BCUT2D eigenvalue weighted by atomic mass is 10.0. The van der Waals surface area contributed by atoms with Gasteiger partial charge < -0.3 is 14.5 Å². The minimum atomic E-state index is 0.0479. The Morgan fingerprint density at radius 2 is 2.04 bits per heavy atom. The van der Waals surface area contributed by atoms with Crippen molar-refractivity contribution >= 4 is 17.5 Å². The maximum Gasteiger partial charge on any atom is 0.232 e. The standard InChI is InChI=1S/C19H23ClN4O2/c1-13(2)18-23-16(11-21)19(26-18)22-12-17(24-7-9-25-10-8-24)14-5-3-4-6-15(14)20/h3-6,13,17,22H,7-10,12H2,1-2H3. The van der Waals surface area contributed by atoms with E-state index in [0.717, 1.165) is 23.7 Å². The van der Waals surface area contributed by atoms with E-state index in [0.29, 0.717) is 31.5 Å². The first kappa shape index (κ1) is 18.7. The highest BCUT2D eigenvalue weighted by Crippen LogP contribution is 2.30. The topological polar surface area (TPSA) is 74.3 Å². The fraction of sp³-hybridized carbons (Fsp3) is 0.474. The molecule has 7 heteroatoms. The Bertz CT molecular complexity index is 778. The number of halogens is 1. The number of nitrogens with one attached hydrogen (secondary N) is 1. The summed E-state index contributed by atoms with van der Waals surface area (Å²) in [7, 11) is 0. The van der Waals surface area contributed by atoms with E-state index in [9.17, 15) is 5.26 Å². The molecule has 3 rings (SSSR count). The molecule has 0 amide bonds. The summed E-state index contributed by atoms with van der Waals surface area (Å²) in [6.07, 6.45) is 0. The third kappa shape index (κ3) is 4.18. The smallest absolute Gasteiger partial charge is 0.232 e. The average Bonchev–Trinajstić information content (AvgIpc) is 3.08. The van der Waals surface area contributed by atoms with E-state index < -0.39 is 0 Å². The van der Waals surface area contributed by atoms with Crippen molar-refractivity contribution < 1.29 is 9.15 Å². The van der Waals surface area contributed by atoms with Gasteiger partial charge in [0.15, 0.2) is 0 Å². The van der Waals surface area contributed by atoms with Crippen molar-refractivity contribution in [2.75, 3.05) is 38.2 Å². The monoisotopic (exact) mass is 374 g/mol. The quantitative estimate of drug-likeness (QED) is 0.828. The number of oxazole rings is 1. The van der Waals surface area contributed by atoms with Crippen LogP contribution in [0.2, 0.25) is 5.02 Å². The summed E-state index contributed by atoms with van der Waals surface area (Å²) >= 11 is 6.45. The van der Waals surface area contributed by atoms with Crippen molar-refractivity contribution in [3.63, 3.8) is 0 Å². The summed E-state index contributed by atoms with van der Waals surface area (Å²) in [6, 6.07) is 9.99. The molecule has 1 fully saturated rings. The Balaban J connectivity index is 1.82. The maximum atomic E-state index is 9.33. The van der Waals surface area contributed by atoms with E-state index in [2.05, 4.69) is 21.3 Å². The molecule has 1 aromatic carbocycles. The number of ether oxygens (including phenoxy) is 1. The van der Waals surface area contributed by atoms with Crippen molar-refractivity contribution in [2.45, 2.75) is 25.8 Å². The van der Waals surface area contributed by atoms with Crippen molar-refractivity contribution in [2.24, 2.45) is 0 Å². The van der Waals surface area contributed by atoms with Crippen LogP contribution in [0.5, 0.6) is 0 Å². The van der Waals surface area contributed by atoms with Crippen molar-refractivity contribution in [3.05, 3.63) is 46.4 Å². The molecule has 26 heavy (non-hydrogen) atoms. The summed E-state index contributed by atoms with van der Waals surface area (Å²) < 4.78 is 11.2. The lowest BCUT2D eigenvalue weighted by molar-refractivity contribution is 0.0186. The van der Waals surface area contributed by atoms with Gasteiger partial charge in [0.2, 0.25) is 17.5 Å². The van der Waals surface area contributed by atoms with Crippen LogP contribution < -0.4 is 5.32 Å². The van der Waals surface area contributed by atoms with E-state index in [1.165, 1.54) is 0 Å². The van der Waals surface area contributed by atoms with Gasteiger partial charge in [-0.05, 0) is 11.6 Å². The van der Waals surface area contributed by atoms with Crippen LogP contribution in [0.3, 0.4) is 0 Å². The molecule has 1 atom stereocenters. The third-order valence-corrected chi connectivity index (χ3v) is 4.79. The summed E-state index contributed by atoms with van der Waals surface area (Å²) in [5.74, 6) is 1.10. The SMILES string of the molecule is CC(C)c1nc(C#N)c(NCC(c2ccccc2Cl)N2CCOCC2)o1. The van der Waals surface area contributed by atoms with Crippen molar-refractivity contribution in [3.8, 4) is 6.07 Å². The van der Waals surface area contributed by atoms with Gasteiger partial charge in [0.05, 0.1) is 19.3 Å². The number of anilines is 1. The van der Waals surface area contributed by atoms with E-state index in [1.807, 2.05) is 38.1 Å². The van der Waals surface area contributed by atoms with Gasteiger partial charge in [0.1, 0.15) is 6.07 Å². The highest BCUT2D eigenvalue weighted by atomic mass is 35.5. The zero-order valence-corrected chi connectivity index (χ0v) is 15.8. The molecule has 1 saturated heterocycles. The molecule has 1 N–H and O–H groups in total. The number of aromatic nitrogens is 1. The zero-order chi connectivity index (χ0) is 18.5. The molecule has 0 bridgehead atoms. The maximum absolute atomic E-state index is 9.33. The normalized spacial score (nSPS) is 16.4. The van der Waals surface area contributed by atoms with E-state index >= 15 is 0 Å². The Kier molecular flexibility index (Phi) is 6.15. The van der Waals surface area contributed by atoms with Gasteiger partial charge >= 0.3 is 0 Å². The molecule has 2 heterocycles. The Morgan fingerprint density at radius 3 is 2.69 bits per heavy atom. The Hall–Kier alpha value is -2.07. The van der Waals surface area contributed by atoms with Crippen LogP contribution in [0, 0.1) is 11.3 Å². The van der Waals surface area contributed by atoms with E-state index in [4.69, 9.17) is 20.8 Å². The summed E-state index contributed by atoms with van der Waals surface area (Å²) in [5, 5.41) is 13.3. The fourth-order valence-corrected chi connectivity index (χ4v) is 3.30. The lowest BCUT2D eigenvalue weighted by Gasteiger charge is -2.35. The van der Waals surface area contributed by atoms with Crippen LogP contribution in [-0.2, 0) is 4.74 Å². The van der Waals surface area contributed by atoms with Gasteiger partial charge in [-0.2, -0.15) is 5.26 Å². The van der Waals surface area contributed by atoms with Crippen LogP contribution in [0.4, 0.5) is 5.88 Å². The minimum Gasteiger partial charge on any atom is -0.424 e. The molecule has 1 aromatic heterocycles. The third-order valence-electron chi connectivity index (χ3n) is 4.45. The van der Waals surface area contributed by atoms with Crippen LogP contribution in [0.1, 0.15) is 43.0 Å². The first-order chi connectivity index (χ1) is 12.6. The van der Waals surface area contributed by atoms with Crippen molar-refractivity contribution in [1.29, 1.82) is 5.26 Å². The highest BCUT2D eigenvalue weighted by Gasteiger charge is 2.25. The second-order valence-electron chi connectivity index (χ2n) is 6.56. The molecule has 138 valence electrons. The van der Waals surface area contributed by atoms with Gasteiger partial charge in [0.25, 0.3) is 0 Å². The number of nitrogens with zero attached hydrogens (tertiary/aromatic N) is 3. The lowest BCUT2D eigenvalue weighted by Crippen LogP contribution is -2.41.